The number of nitrogens with one attached hydrogen (secondary N) is 1. The third-order valence-corrected chi connectivity index (χ3v) is 3.53. The van der Waals surface area contributed by atoms with Crippen molar-refractivity contribution in [1.82, 2.24) is 10.2 Å². The molecule has 0 radical (unpaired) electrons. The van der Waals surface area contributed by atoms with Crippen LogP contribution in [0.25, 0.3) is 0 Å². The van der Waals surface area contributed by atoms with Crippen LogP contribution < -0.4 is 5.32 Å². The molecule has 4 heteroatoms. The van der Waals surface area contributed by atoms with E-state index in [-0.39, 0.29) is 5.41 Å². The maximum atomic E-state index is 13.3. The Morgan fingerprint density at radius 2 is 1.83 bits per heavy atom. The maximum Gasteiger partial charge on any atom is 0.159 e. The summed E-state index contributed by atoms with van der Waals surface area (Å²) in [6, 6.07) is 4.21. The van der Waals surface area contributed by atoms with Crippen LogP contribution in [0.3, 0.4) is 0 Å². The standard InChI is InChI=1S/C14H20F2N2/c1-14(2,10-18-7-5-17-6-8-18)11-3-4-12(15)13(16)9-11/h3-4,9,17H,5-8,10H2,1-2H3. The lowest BCUT2D eigenvalue weighted by molar-refractivity contribution is 0.199. The molecule has 1 aliphatic heterocycles. The molecule has 0 saturated carbocycles. The Morgan fingerprint density at radius 1 is 1.17 bits per heavy atom. The summed E-state index contributed by atoms with van der Waals surface area (Å²) in [5.41, 5.74) is 0.672. The van der Waals surface area contributed by atoms with Crippen molar-refractivity contribution in [1.29, 1.82) is 0 Å². The molecule has 0 unspecified atom stereocenters. The van der Waals surface area contributed by atoms with E-state index in [0.717, 1.165) is 38.3 Å². The van der Waals surface area contributed by atoms with Crippen LogP contribution in [-0.4, -0.2) is 37.6 Å². The SMILES string of the molecule is CC(C)(CN1CCNCC1)c1ccc(F)c(F)c1. The highest BCUT2D eigenvalue weighted by Crippen LogP contribution is 2.26. The van der Waals surface area contributed by atoms with Gasteiger partial charge in [-0.15, -0.1) is 0 Å². The molecule has 0 aromatic heterocycles. The van der Waals surface area contributed by atoms with E-state index in [9.17, 15) is 8.78 Å². The summed E-state index contributed by atoms with van der Waals surface area (Å²) < 4.78 is 26.2. The molecule has 1 aromatic carbocycles. The van der Waals surface area contributed by atoms with Gasteiger partial charge in [-0.05, 0) is 17.7 Å². The Bertz CT molecular complexity index is 412. The van der Waals surface area contributed by atoms with Crippen molar-refractivity contribution < 1.29 is 8.78 Å². The number of nitrogens with zero attached hydrogens (tertiary/aromatic N) is 1. The lowest BCUT2D eigenvalue weighted by Crippen LogP contribution is -2.47. The second-order valence-corrected chi connectivity index (χ2v) is 5.54. The zero-order valence-corrected chi connectivity index (χ0v) is 11.0. The average molecular weight is 254 g/mol. The van der Waals surface area contributed by atoms with Gasteiger partial charge in [-0.3, -0.25) is 4.90 Å². The monoisotopic (exact) mass is 254 g/mol. The van der Waals surface area contributed by atoms with Crippen molar-refractivity contribution in [3.63, 3.8) is 0 Å². The number of hydrogen-bond donors (Lipinski definition) is 1. The van der Waals surface area contributed by atoms with E-state index in [2.05, 4.69) is 24.1 Å². The Labute approximate surface area is 107 Å². The fourth-order valence-corrected chi connectivity index (χ4v) is 2.44. The molecule has 1 saturated heterocycles. The molecule has 18 heavy (non-hydrogen) atoms. The Balaban J connectivity index is 2.10. The number of piperazine rings is 1. The molecule has 0 aliphatic carbocycles. The largest absolute Gasteiger partial charge is 0.314 e. The lowest BCUT2D eigenvalue weighted by atomic mass is 9.84. The van der Waals surface area contributed by atoms with Crippen LogP contribution in [0.2, 0.25) is 0 Å². The highest BCUT2D eigenvalue weighted by atomic mass is 19.2. The first-order chi connectivity index (χ1) is 8.49. The molecule has 100 valence electrons. The van der Waals surface area contributed by atoms with Crippen molar-refractivity contribution in [2.75, 3.05) is 32.7 Å². The first kappa shape index (κ1) is 13.4. The first-order valence-corrected chi connectivity index (χ1v) is 6.38. The van der Waals surface area contributed by atoms with Gasteiger partial charge in [-0.25, -0.2) is 8.78 Å². The van der Waals surface area contributed by atoms with Gasteiger partial charge in [0.05, 0.1) is 0 Å². The van der Waals surface area contributed by atoms with Crippen LogP contribution in [0, 0.1) is 11.6 Å². The Morgan fingerprint density at radius 3 is 2.44 bits per heavy atom. The highest BCUT2D eigenvalue weighted by Gasteiger charge is 2.25. The summed E-state index contributed by atoms with van der Waals surface area (Å²) in [5, 5.41) is 3.31. The molecule has 0 atom stereocenters. The van der Waals surface area contributed by atoms with E-state index < -0.39 is 11.6 Å². The van der Waals surface area contributed by atoms with Crippen molar-refractivity contribution in [2.45, 2.75) is 19.3 Å². The Kier molecular flexibility index (Phi) is 3.97. The van der Waals surface area contributed by atoms with Gasteiger partial charge < -0.3 is 5.32 Å². The second kappa shape index (κ2) is 5.33. The molecular weight excluding hydrogens is 234 g/mol. The van der Waals surface area contributed by atoms with Crippen LogP contribution in [-0.2, 0) is 5.41 Å². The minimum Gasteiger partial charge on any atom is -0.314 e. The summed E-state index contributed by atoms with van der Waals surface area (Å²) in [4.78, 5) is 2.36. The normalized spacial score (nSPS) is 18.0. The van der Waals surface area contributed by atoms with Gasteiger partial charge in [-0.1, -0.05) is 19.9 Å². The summed E-state index contributed by atoms with van der Waals surface area (Å²) in [6.07, 6.45) is 0. The first-order valence-electron chi connectivity index (χ1n) is 6.38. The van der Waals surface area contributed by atoms with E-state index in [1.54, 1.807) is 6.07 Å². The third-order valence-electron chi connectivity index (χ3n) is 3.53. The molecule has 2 rings (SSSR count). The van der Waals surface area contributed by atoms with Crippen molar-refractivity contribution in [3.8, 4) is 0 Å². The zero-order valence-electron chi connectivity index (χ0n) is 11.0. The second-order valence-electron chi connectivity index (χ2n) is 5.54. The summed E-state index contributed by atoms with van der Waals surface area (Å²) in [5.74, 6) is -1.54. The van der Waals surface area contributed by atoms with Gasteiger partial charge in [0, 0.05) is 38.1 Å². The molecule has 1 aromatic rings. The van der Waals surface area contributed by atoms with Crippen LogP contribution in [0.1, 0.15) is 19.4 Å². The van der Waals surface area contributed by atoms with Crippen molar-refractivity contribution in [3.05, 3.63) is 35.4 Å². The van der Waals surface area contributed by atoms with Gasteiger partial charge in [0.2, 0.25) is 0 Å². The van der Waals surface area contributed by atoms with Gasteiger partial charge in [-0.2, -0.15) is 0 Å². The highest BCUT2D eigenvalue weighted by molar-refractivity contribution is 5.25. The molecule has 0 bridgehead atoms. The van der Waals surface area contributed by atoms with Crippen LogP contribution >= 0.6 is 0 Å². The van der Waals surface area contributed by atoms with Gasteiger partial charge >= 0.3 is 0 Å². The van der Waals surface area contributed by atoms with Gasteiger partial charge in [0.15, 0.2) is 11.6 Å². The van der Waals surface area contributed by atoms with Crippen molar-refractivity contribution >= 4 is 0 Å². The topological polar surface area (TPSA) is 15.3 Å². The van der Waals surface area contributed by atoms with E-state index in [0.29, 0.717) is 0 Å². The zero-order chi connectivity index (χ0) is 13.2. The molecular formula is C14H20F2N2. The minimum absolute atomic E-state index is 0.175. The van der Waals surface area contributed by atoms with Crippen molar-refractivity contribution in [2.24, 2.45) is 0 Å². The molecule has 0 spiro atoms. The molecule has 1 N–H and O–H groups in total. The summed E-state index contributed by atoms with van der Waals surface area (Å²) in [6.45, 7) is 9.01. The summed E-state index contributed by atoms with van der Waals surface area (Å²) >= 11 is 0. The summed E-state index contributed by atoms with van der Waals surface area (Å²) in [7, 11) is 0. The van der Waals surface area contributed by atoms with Gasteiger partial charge in [0.1, 0.15) is 0 Å². The van der Waals surface area contributed by atoms with Crippen LogP contribution in [0.15, 0.2) is 18.2 Å². The molecule has 0 amide bonds. The number of rotatable bonds is 3. The van der Waals surface area contributed by atoms with E-state index >= 15 is 0 Å². The number of benzene rings is 1. The predicted molar refractivity (Wildman–Crippen MR) is 68.7 cm³/mol. The molecule has 1 aliphatic rings. The van der Waals surface area contributed by atoms with Crippen LogP contribution in [0.5, 0.6) is 0 Å². The minimum atomic E-state index is -0.781. The van der Waals surface area contributed by atoms with Gasteiger partial charge in [0.25, 0.3) is 0 Å². The van der Waals surface area contributed by atoms with E-state index in [4.69, 9.17) is 0 Å². The molecule has 2 nitrogen and oxygen atoms in total. The quantitative estimate of drug-likeness (QED) is 0.889. The third kappa shape index (κ3) is 3.06. The fourth-order valence-electron chi connectivity index (χ4n) is 2.44. The average Bonchev–Trinajstić information content (AvgIpc) is 2.33. The Hall–Kier alpha value is -1.00. The lowest BCUT2D eigenvalue weighted by Gasteiger charge is -2.35. The predicted octanol–water partition coefficient (Wildman–Crippen LogP) is 2.15. The smallest absolute Gasteiger partial charge is 0.159 e. The van der Waals surface area contributed by atoms with E-state index in [1.807, 2.05) is 0 Å². The van der Waals surface area contributed by atoms with E-state index in [1.165, 1.54) is 12.1 Å². The fraction of sp³-hybridized carbons (Fsp3) is 0.571. The maximum absolute atomic E-state index is 13.3. The van der Waals surface area contributed by atoms with Crippen LogP contribution in [0.4, 0.5) is 8.78 Å². The number of halogens is 2. The molecule has 1 fully saturated rings. The molecule has 1 heterocycles. The number of hydrogen-bond acceptors (Lipinski definition) is 2.